The van der Waals surface area contributed by atoms with Crippen molar-refractivity contribution in [1.29, 1.82) is 0 Å². The lowest BCUT2D eigenvalue weighted by molar-refractivity contribution is 0.0573. The summed E-state index contributed by atoms with van der Waals surface area (Å²) in [5.74, 6) is -3.72. The van der Waals surface area contributed by atoms with Gasteiger partial charge >= 0.3 is 7.60 Å². The highest BCUT2D eigenvalue weighted by Gasteiger charge is 2.40. The van der Waals surface area contributed by atoms with Gasteiger partial charge in [-0.2, -0.15) is 0 Å². The second-order valence-corrected chi connectivity index (χ2v) is 11.6. The number of pyridine rings is 1. The van der Waals surface area contributed by atoms with E-state index >= 15 is 0 Å². The fraction of sp³-hybridized carbons (Fsp3) is 0.321. The summed E-state index contributed by atoms with van der Waals surface area (Å²) in [5.41, 5.74) is -1.02. The first-order valence-electron chi connectivity index (χ1n) is 13.2. The number of methoxy groups -OCH3 is 1. The van der Waals surface area contributed by atoms with Crippen LogP contribution in [0.15, 0.2) is 59.5 Å². The molecule has 0 aliphatic carbocycles. The Bertz CT molecular complexity index is 1600. The first kappa shape index (κ1) is 31.8. The van der Waals surface area contributed by atoms with Crippen molar-refractivity contribution in [3.8, 4) is 5.75 Å². The van der Waals surface area contributed by atoms with Crippen molar-refractivity contribution >= 4 is 19.4 Å². The molecule has 1 aromatic heterocycles. The van der Waals surface area contributed by atoms with Crippen molar-refractivity contribution in [1.82, 2.24) is 14.9 Å². The number of carbonyl (C=O) groups is 2. The molecule has 1 atom stereocenters. The van der Waals surface area contributed by atoms with Crippen LogP contribution in [0.5, 0.6) is 5.75 Å². The summed E-state index contributed by atoms with van der Waals surface area (Å²) in [5, 5.41) is 3.88. The smallest absolute Gasteiger partial charge is 0.327 e. The molecule has 2 aromatic carbocycles. The maximum Gasteiger partial charge on any atom is 0.327 e. The summed E-state index contributed by atoms with van der Waals surface area (Å²) in [7, 11) is -1.59. The van der Waals surface area contributed by atoms with Crippen molar-refractivity contribution in [2.45, 2.75) is 25.7 Å². The molecular weight excluding hydrogens is 589 g/mol. The fourth-order valence-corrected chi connectivity index (χ4v) is 5.11. The van der Waals surface area contributed by atoms with Gasteiger partial charge in [0.1, 0.15) is 30.0 Å². The van der Waals surface area contributed by atoms with Gasteiger partial charge in [0.15, 0.2) is 11.4 Å². The molecule has 3 N–H and O–H groups in total. The molecule has 1 aliphatic heterocycles. The lowest BCUT2D eigenvalue weighted by Gasteiger charge is -2.45. The van der Waals surface area contributed by atoms with E-state index in [1.54, 1.807) is 30.3 Å². The highest BCUT2D eigenvalue weighted by molar-refractivity contribution is 7.51. The van der Waals surface area contributed by atoms with Crippen LogP contribution >= 0.6 is 7.60 Å². The van der Waals surface area contributed by atoms with E-state index in [2.05, 4.69) is 5.32 Å². The standard InChI is InChI=1S/C28H31F2N4O8P/c1-32-23(10-12-41-2)33(11-13-43(38,39)40)34-16-21(27(36)31-15-19-8-9-20(29)14-22(19)30)25(35)26(24(34)28(32)37)42-17-18-6-4-3-5-7-18/h3-9,14,16,23H,10-13,15,17H2,1-2H3,(H,31,36)(H2,38,39,40). The Labute approximate surface area is 245 Å². The van der Waals surface area contributed by atoms with E-state index in [-0.39, 0.29) is 44.0 Å². The number of amides is 2. The van der Waals surface area contributed by atoms with Crippen LogP contribution < -0.4 is 20.5 Å². The maximum absolute atomic E-state index is 14.2. The lowest BCUT2D eigenvalue weighted by atomic mass is 10.1. The molecular formula is C28H31F2N4O8P. The molecule has 230 valence electrons. The average molecular weight is 621 g/mol. The van der Waals surface area contributed by atoms with Crippen LogP contribution in [0.4, 0.5) is 8.78 Å². The average Bonchev–Trinajstić information content (AvgIpc) is 2.96. The van der Waals surface area contributed by atoms with Gasteiger partial charge in [-0.05, 0) is 11.6 Å². The van der Waals surface area contributed by atoms with Crippen molar-refractivity contribution in [3.05, 3.63) is 99.0 Å². The van der Waals surface area contributed by atoms with Crippen LogP contribution in [0.3, 0.4) is 0 Å². The van der Waals surface area contributed by atoms with Gasteiger partial charge in [0.25, 0.3) is 11.8 Å². The number of rotatable bonds is 12. The quantitative estimate of drug-likeness (QED) is 0.259. The molecule has 2 amide bonds. The van der Waals surface area contributed by atoms with E-state index in [0.29, 0.717) is 11.6 Å². The van der Waals surface area contributed by atoms with Crippen LogP contribution in [0, 0.1) is 11.6 Å². The number of hydrogen-bond acceptors (Lipinski definition) is 7. The minimum absolute atomic E-state index is 0.0342. The highest BCUT2D eigenvalue weighted by atomic mass is 31.2. The van der Waals surface area contributed by atoms with Gasteiger partial charge < -0.3 is 29.5 Å². The van der Waals surface area contributed by atoms with E-state index in [1.165, 1.54) is 28.7 Å². The summed E-state index contributed by atoms with van der Waals surface area (Å²) in [6, 6.07) is 11.6. The molecule has 2 heterocycles. The van der Waals surface area contributed by atoms with Crippen molar-refractivity contribution in [2.24, 2.45) is 0 Å². The van der Waals surface area contributed by atoms with Crippen LogP contribution in [0.25, 0.3) is 0 Å². The number of hydrogen-bond donors (Lipinski definition) is 3. The third kappa shape index (κ3) is 7.46. The van der Waals surface area contributed by atoms with E-state index in [1.807, 2.05) is 0 Å². The summed E-state index contributed by atoms with van der Waals surface area (Å²) >= 11 is 0. The molecule has 43 heavy (non-hydrogen) atoms. The molecule has 0 saturated heterocycles. The summed E-state index contributed by atoms with van der Waals surface area (Å²) in [4.78, 5) is 61.2. The fourth-order valence-electron chi connectivity index (χ4n) is 4.64. The molecule has 3 aromatic rings. The van der Waals surface area contributed by atoms with Crippen molar-refractivity contribution in [3.63, 3.8) is 0 Å². The van der Waals surface area contributed by atoms with Crippen LogP contribution in [-0.2, 0) is 22.5 Å². The van der Waals surface area contributed by atoms with Gasteiger partial charge in [-0.1, -0.05) is 36.4 Å². The van der Waals surface area contributed by atoms with Gasteiger partial charge in [0.05, 0.1) is 6.16 Å². The highest BCUT2D eigenvalue weighted by Crippen LogP contribution is 2.35. The predicted octanol–water partition coefficient (Wildman–Crippen LogP) is 2.20. The van der Waals surface area contributed by atoms with E-state index in [9.17, 15) is 37.5 Å². The third-order valence-electron chi connectivity index (χ3n) is 6.86. The normalized spacial score (nSPS) is 14.9. The molecule has 0 radical (unpaired) electrons. The Morgan fingerprint density at radius 3 is 2.49 bits per heavy atom. The number of nitrogens with zero attached hydrogens (tertiary/aromatic N) is 3. The molecule has 15 heteroatoms. The Balaban J connectivity index is 1.82. The summed E-state index contributed by atoms with van der Waals surface area (Å²) < 4.78 is 51.6. The van der Waals surface area contributed by atoms with Crippen molar-refractivity contribution in [2.75, 3.05) is 38.5 Å². The monoisotopic (exact) mass is 620 g/mol. The molecule has 0 bridgehead atoms. The molecule has 4 rings (SSSR count). The van der Waals surface area contributed by atoms with Crippen LogP contribution in [0.1, 0.15) is 38.4 Å². The van der Waals surface area contributed by atoms with Gasteiger partial charge in [0.2, 0.25) is 5.43 Å². The summed E-state index contributed by atoms with van der Waals surface area (Å²) in [6.07, 6.45) is -0.0688. The zero-order valence-corrected chi connectivity index (χ0v) is 24.3. The Hall–Kier alpha value is -4.10. The number of nitrogens with one attached hydrogen (secondary N) is 1. The first-order valence-corrected chi connectivity index (χ1v) is 15.0. The van der Waals surface area contributed by atoms with Crippen LogP contribution in [0.2, 0.25) is 0 Å². The summed E-state index contributed by atoms with van der Waals surface area (Å²) in [6.45, 7) is -0.613. The first-order chi connectivity index (χ1) is 20.4. The second kappa shape index (κ2) is 13.5. The predicted molar refractivity (Wildman–Crippen MR) is 151 cm³/mol. The topological polar surface area (TPSA) is 151 Å². The third-order valence-corrected chi connectivity index (χ3v) is 7.65. The van der Waals surface area contributed by atoms with Gasteiger partial charge in [0, 0.05) is 58.1 Å². The molecule has 1 aliphatic rings. The number of benzene rings is 2. The maximum atomic E-state index is 14.2. The van der Waals surface area contributed by atoms with Crippen molar-refractivity contribution < 1.29 is 42.2 Å². The number of halogens is 2. The molecule has 1 unspecified atom stereocenters. The minimum Gasteiger partial charge on any atom is -0.482 e. The van der Waals surface area contributed by atoms with Crippen LogP contribution in [-0.4, -0.2) is 70.8 Å². The van der Waals surface area contributed by atoms with E-state index in [4.69, 9.17) is 9.47 Å². The van der Waals surface area contributed by atoms with Gasteiger partial charge in [-0.15, -0.1) is 0 Å². The Morgan fingerprint density at radius 2 is 1.84 bits per heavy atom. The Kier molecular flexibility index (Phi) is 9.97. The van der Waals surface area contributed by atoms with Gasteiger partial charge in [-0.3, -0.25) is 28.6 Å². The molecule has 12 nitrogen and oxygen atoms in total. The largest absolute Gasteiger partial charge is 0.482 e. The minimum atomic E-state index is -4.51. The number of fused-ring (bicyclic) bond motifs is 1. The van der Waals surface area contributed by atoms with Gasteiger partial charge in [-0.25, -0.2) is 8.78 Å². The number of carbonyl (C=O) groups excluding carboxylic acids is 2. The molecule has 0 saturated carbocycles. The second-order valence-electron chi connectivity index (χ2n) is 9.82. The number of ether oxygens (including phenoxy) is 2. The SMILES string of the molecule is COCCC1N(C)C(=O)c2c(OCc3ccccc3)c(=O)c(C(=O)NCc3ccc(F)cc3F)cn2N1CCP(=O)(O)O. The Morgan fingerprint density at radius 1 is 1.12 bits per heavy atom. The number of aromatic nitrogens is 1. The zero-order valence-electron chi connectivity index (χ0n) is 23.4. The van der Waals surface area contributed by atoms with E-state index in [0.717, 1.165) is 18.3 Å². The zero-order chi connectivity index (χ0) is 31.3. The van der Waals surface area contributed by atoms with E-state index < -0.39 is 60.1 Å². The molecule has 0 spiro atoms. The lowest BCUT2D eigenvalue weighted by Crippen LogP contribution is -2.61. The molecule has 0 fully saturated rings.